The smallest absolute Gasteiger partial charge is 0.229 e. The third-order valence-electron chi connectivity index (χ3n) is 3.84. The molecule has 0 unspecified atom stereocenters. The number of hydrogen-bond acceptors (Lipinski definition) is 5. The number of aryl methyl sites for hydroxylation is 1. The zero-order chi connectivity index (χ0) is 17.5. The van der Waals surface area contributed by atoms with E-state index in [9.17, 15) is 0 Å². The molecule has 3 aromatic rings. The third-order valence-corrected chi connectivity index (χ3v) is 3.84. The lowest BCUT2D eigenvalue weighted by Crippen LogP contribution is -2.07. The summed E-state index contributed by atoms with van der Waals surface area (Å²) in [5, 5.41) is 6.55. The van der Waals surface area contributed by atoms with Crippen LogP contribution in [0.2, 0.25) is 0 Å². The third kappa shape index (κ3) is 4.94. The molecule has 1 aromatic heterocycles. The predicted molar refractivity (Wildman–Crippen MR) is 102 cm³/mol. The number of anilines is 3. The van der Waals surface area contributed by atoms with Gasteiger partial charge in [0.25, 0.3) is 0 Å². The summed E-state index contributed by atoms with van der Waals surface area (Å²) in [5.41, 5.74) is 3.45. The number of hydrogen-bond donors (Lipinski definition) is 2. The zero-order valence-electron chi connectivity index (χ0n) is 14.5. The molecule has 0 fully saturated rings. The van der Waals surface area contributed by atoms with Crippen LogP contribution in [0.3, 0.4) is 0 Å². The van der Waals surface area contributed by atoms with E-state index in [0.717, 1.165) is 30.2 Å². The molecule has 0 spiro atoms. The van der Waals surface area contributed by atoms with E-state index in [4.69, 9.17) is 4.74 Å². The molecular formula is C20H22N4O. The number of methoxy groups -OCH3 is 1. The molecule has 0 saturated heterocycles. The monoisotopic (exact) mass is 334 g/mol. The van der Waals surface area contributed by atoms with Gasteiger partial charge in [-0.1, -0.05) is 29.8 Å². The van der Waals surface area contributed by atoms with Gasteiger partial charge in [-0.25, -0.2) is 4.98 Å². The molecule has 5 nitrogen and oxygen atoms in total. The molecule has 3 rings (SSSR count). The van der Waals surface area contributed by atoms with Crippen molar-refractivity contribution >= 4 is 17.5 Å². The standard InChI is InChI=1S/C20H22N4O/c1-15-3-7-17(8-4-15)23-20-22-14-12-19(24-20)21-13-11-16-5-9-18(25-2)10-6-16/h3-10,12,14H,11,13H2,1-2H3,(H2,21,22,23,24). The van der Waals surface area contributed by atoms with Gasteiger partial charge < -0.3 is 15.4 Å². The second kappa shape index (κ2) is 8.15. The van der Waals surface area contributed by atoms with Crippen molar-refractivity contribution in [1.82, 2.24) is 9.97 Å². The molecule has 0 aliphatic rings. The quantitative estimate of drug-likeness (QED) is 0.678. The maximum Gasteiger partial charge on any atom is 0.229 e. The Labute approximate surface area is 148 Å². The van der Waals surface area contributed by atoms with Crippen LogP contribution in [0.4, 0.5) is 17.5 Å². The largest absolute Gasteiger partial charge is 0.497 e. The molecule has 1 heterocycles. The predicted octanol–water partition coefficient (Wildman–Crippen LogP) is 4.19. The Morgan fingerprint density at radius 1 is 0.960 bits per heavy atom. The van der Waals surface area contributed by atoms with E-state index < -0.39 is 0 Å². The second-order valence-corrected chi connectivity index (χ2v) is 5.78. The van der Waals surface area contributed by atoms with Crippen LogP contribution in [0.15, 0.2) is 60.8 Å². The molecular weight excluding hydrogens is 312 g/mol. The van der Waals surface area contributed by atoms with E-state index in [2.05, 4.69) is 51.8 Å². The fourth-order valence-corrected chi connectivity index (χ4v) is 2.41. The van der Waals surface area contributed by atoms with E-state index in [0.29, 0.717) is 5.95 Å². The second-order valence-electron chi connectivity index (χ2n) is 5.78. The van der Waals surface area contributed by atoms with Gasteiger partial charge in [0.15, 0.2) is 0 Å². The van der Waals surface area contributed by atoms with E-state index in [1.807, 2.05) is 30.3 Å². The minimum Gasteiger partial charge on any atom is -0.497 e. The maximum absolute atomic E-state index is 5.17. The van der Waals surface area contributed by atoms with Crippen molar-refractivity contribution in [2.45, 2.75) is 13.3 Å². The number of ether oxygens (including phenoxy) is 1. The Morgan fingerprint density at radius 3 is 2.44 bits per heavy atom. The molecule has 0 bridgehead atoms. The molecule has 2 aromatic carbocycles. The molecule has 0 aliphatic heterocycles. The maximum atomic E-state index is 5.17. The Balaban J connectivity index is 1.55. The van der Waals surface area contributed by atoms with Crippen LogP contribution in [0.5, 0.6) is 5.75 Å². The van der Waals surface area contributed by atoms with Crippen molar-refractivity contribution < 1.29 is 4.74 Å². The van der Waals surface area contributed by atoms with Crippen molar-refractivity contribution in [3.63, 3.8) is 0 Å². The van der Waals surface area contributed by atoms with E-state index in [-0.39, 0.29) is 0 Å². The van der Waals surface area contributed by atoms with Crippen molar-refractivity contribution in [1.29, 1.82) is 0 Å². The van der Waals surface area contributed by atoms with Crippen LogP contribution >= 0.6 is 0 Å². The topological polar surface area (TPSA) is 59.1 Å². The summed E-state index contributed by atoms with van der Waals surface area (Å²) >= 11 is 0. The van der Waals surface area contributed by atoms with E-state index in [1.54, 1.807) is 13.3 Å². The van der Waals surface area contributed by atoms with Gasteiger partial charge >= 0.3 is 0 Å². The summed E-state index contributed by atoms with van der Waals surface area (Å²) in [4.78, 5) is 8.76. The molecule has 0 saturated carbocycles. The highest BCUT2D eigenvalue weighted by atomic mass is 16.5. The summed E-state index contributed by atoms with van der Waals surface area (Å²) in [7, 11) is 1.67. The first kappa shape index (κ1) is 16.8. The van der Waals surface area contributed by atoms with Gasteiger partial charge in [-0.15, -0.1) is 0 Å². The molecule has 0 aliphatic carbocycles. The number of nitrogens with zero attached hydrogens (tertiary/aromatic N) is 2. The lowest BCUT2D eigenvalue weighted by Gasteiger charge is -2.09. The van der Waals surface area contributed by atoms with Crippen LogP contribution in [0, 0.1) is 6.92 Å². The molecule has 25 heavy (non-hydrogen) atoms. The highest BCUT2D eigenvalue weighted by Gasteiger charge is 2.01. The highest BCUT2D eigenvalue weighted by Crippen LogP contribution is 2.15. The number of nitrogens with one attached hydrogen (secondary N) is 2. The Hall–Kier alpha value is -3.08. The summed E-state index contributed by atoms with van der Waals surface area (Å²) in [6, 6.07) is 18.1. The Kier molecular flexibility index (Phi) is 5.46. The molecule has 0 amide bonds. The number of rotatable bonds is 7. The van der Waals surface area contributed by atoms with Crippen LogP contribution in [0.1, 0.15) is 11.1 Å². The normalized spacial score (nSPS) is 10.3. The summed E-state index contributed by atoms with van der Waals surface area (Å²) < 4.78 is 5.17. The van der Waals surface area contributed by atoms with E-state index >= 15 is 0 Å². The van der Waals surface area contributed by atoms with Gasteiger partial charge in [-0.2, -0.15) is 4.98 Å². The minimum absolute atomic E-state index is 0.582. The lowest BCUT2D eigenvalue weighted by atomic mass is 10.1. The van der Waals surface area contributed by atoms with Gasteiger partial charge in [0, 0.05) is 18.4 Å². The first-order chi connectivity index (χ1) is 12.2. The summed E-state index contributed by atoms with van der Waals surface area (Å²) in [6.45, 7) is 2.86. The molecule has 5 heteroatoms. The molecule has 0 atom stereocenters. The average molecular weight is 334 g/mol. The minimum atomic E-state index is 0.582. The SMILES string of the molecule is COc1ccc(CCNc2ccnc(Nc3ccc(C)cc3)n2)cc1. The van der Waals surface area contributed by atoms with Gasteiger partial charge in [0.1, 0.15) is 11.6 Å². The first-order valence-electron chi connectivity index (χ1n) is 8.26. The Bertz CT molecular complexity index is 801. The van der Waals surface area contributed by atoms with Crippen LogP contribution in [0.25, 0.3) is 0 Å². The van der Waals surface area contributed by atoms with Crippen molar-refractivity contribution in [2.75, 3.05) is 24.3 Å². The lowest BCUT2D eigenvalue weighted by molar-refractivity contribution is 0.414. The van der Waals surface area contributed by atoms with Crippen molar-refractivity contribution in [3.05, 3.63) is 71.9 Å². The van der Waals surface area contributed by atoms with Crippen LogP contribution in [-0.2, 0) is 6.42 Å². The molecule has 128 valence electrons. The summed E-state index contributed by atoms with van der Waals surface area (Å²) in [5.74, 6) is 2.26. The average Bonchev–Trinajstić information content (AvgIpc) is 2.65. The van der Waals surface area contributed by atoms with Crippen LogP contribution in [-0.4, -0.2) is 23.6 Å². The fraction of sp³-hybridized carbons (Fsp3) is 0.200. The van der Waals surface area contributed by atoms with Crippen molar-refractivity contribution in [3.8, 4) is 5.75 Å². The highest BCUT2D eigenvalue weighted by molar-refractivity contribution is 5.55. The number of benzene rings is 2. The molecule has 2 N–H and O–H groups in total. The summed E-state index contributed by atoms with van der Waals surface area (Å²) in [6.07, 6.45) is 2.66. The van der Waals surface area contributed by atoms with Gasteiger partial charge in [-0.3, -0.25) is 0 Å². The Morgan fingerprint density at radius 2 is 1.72 bits per heavy atom. The first-order valence-corrected chi connectivity index (χ1v) is 8.26. The van der Waals surface area contributed by atoms with Crippen LogP contribution < -0.4 is 15.4 Å². The van der Waals surface area contributed by atoms with Gasteiger partial charge in [-0.05, 0) is 49.2 Å². The van der Waals surface area contributed by atoms with E-state index in [1.165, 1.54) is 11.1 Å². The zero-order valence-corrected chi connectivity index (χ0v) is 14.5. The van der Waals surface area contributed by atoms with Gasteiger partial charge in [0.05, 0.1) is 7.11 Å². The van der Waals surface area contributed by atoms with Crippen molar-refractivity contribution in [2.24, 2.45) is 0 Å². The fourth-order valence-electron chi connectivity index (χ4n) is 2.41. The van der Waals surface area contributed by atoms with Gasteiger partial charge in [0.2, 0.25) is 5.95 Å². The number of aromatic nitrogens is 2. The molecule has 0 radical (unpaired) electrons.